The van der Waals surface area contributed by atoms with E-state index in [1.807, 2.05) is 36.4 Å². The summed E-state index contributed by atoms with van der Waals surface area (Å²) in [5.74, 6) is 0.604. The van der Waals surface area contributed by atoms with Crippen LogP contribution < -0.4 is 4.90 Å². The van der Waals surface area contributed by atoms with E-state index in [4.69, 9.17) is 13.8 Å². The lowest BCUT2D eigenvalue weighted by Gasteiger charge is -2.27. The predicted molar refractivity (Wildman–Crippen MR) is 230 cm³/mol. The SMILES string of the molecule is CC1(C)c2ccccc2-c2cc(N(c3ccc(-c4ccc5oc6cc7nc(-c8ccccc8)oc7cc6c5c4)cc3)c3cccc(-c4ccccc4)c3)ccc21. The Balaban J connectivity index is 0.999. The molecule has 0 fully saturated rings. The van der Waals surface area contributed by atoms with Crippen LogP contribution in [0.25, 0.3) is 77.9 Å². The smallest absolute Gasteiger partial charge is 0.227 e. The molecule has 4 nitrogen and oxygen atoms in total. The van der Waals surface area contributed by atoms with E-state index in [9.17, 15) is 0 Å². The van der Waals surface area contributed by atoms with E-state index in [0.717, 1.165) is 66.8 Å². The molecule has 2 heterocycles. The van der Waals surface area contributed by atoms with Gasteiger partial charge in [-0.1, -0.05) is 123 Å². The van der Waals surface area contributed by atoms with Crippen LogP contribution in [-0.4, -0.2) is 4.98 Å². The molecule has 56 heavy (non-hydrogen) atoms. The average molecular weight is 721 g/mol. The number of oxazole rings is 1. The summed E-state index contributed by atoms with van der Waals surface area (Å²) in [6.07, 6.45) is 0. The largest absolute Gasteiger partial charge is 0.456 e. The molecule has 0 saturated carbocycles. The van der Waals surface area contributed by atoms with Crippen LogP contribution in [0.4, 0.5) is 17.1 Å². The van der Waals surface area contributed by atoms with Gasteiger partial charge in [-0.3, -0.25) is 0 Å². The van der Waals surface area contributed by atoms with Gasteiger partial charge in [-0.05, 0) is 111 Å². The Morgan fingerprint density at radius 1 is 0.411 bits per heavy atom. The van der Waals surface area contributed by atoms with Crippen molar-refractivity contribution in [2.75, 3.05) is 4.90 Å². The van der Waals surface area contributed by atoms with Gasteiger partial charge in [0.15, 0.2) is 5.58 Å². The monoisotopic (exact) mass is 720 g/mol. The summed E-state index contributed by atoms with van der Waals surface area (Å²) in [6, 6.07) is 64.6. The predicted octanol–water partition coefficient (Wildman–Crippen LogP) is 14.5. The summed E-state index contributed by atoms with van der Waals surface area (Å²) < 4.78 is 12.6. The maximum absolute atomic E-state index is 6.33. The van der Waals surface area contributed by atoms with E-state index < -0.39 is 0 Å². The molecule has 2 aromatic heterocycles. The Labute approximate surface area is 324 Å². The molecule has 4 heteroatoms. The molecule has 10 aromatic rings. The van der Waals surface area contributed by atoms with Crippen molar-refractivity contribution in [3.8, 4) is 44.8 Å². The summed E-state index contributed by atoms with van der Waals surface area (Å²) in [5, 5.41) is 2.05. The molecular weight excluding hydrogens is 685 g/mol. The Kier molecular flexibility index (Phi) is 7.17. The van der Waals surface area contributed by atoms with Crippen molar-refractivity contribution < 1.29 is 8.83 Å². The molecule has 8 aromatic carbocycles. The first kappa shape index (κ1) is 32.3. The second-order valence-corrected chi connectivity index (χ2v) is 15.2. The Morgan fingerprint density at radius 3 is 1.86 bits per heavy atom. The third-order valence-corrected chi connectivity index (χ3v) is 11.5. The highest BCUT2D eigenvalue weighted by molar-refractivity contribution is 6.10. The van der Waals surface area contributed by atoms with E-state index >= 15 is 0 Å². The Morgan fingerprint density at radius 2 is 1.04 bits per heavy atom. The Bertz CT molecular complexity index is 3100. The quantitative estimate of drug-likeness (QED) is 0.171. The van der Waals surface area contributed by atoms with Crippen molar-refractivity contribution in [1.82, 2.24) is 4.98 Å². The summed E-state index contributed by atoms with van der Waals surface area (Å²) in [4.78, 5) is 7.14. The highest BCUT2D eigenvalue weighted by Crippen LogP contribution is 2.51. The van der Waals surface area contributed by atoms with Gasteiger partial charge in [0.25, 0.3) is 0 Å². The molecule has 0 saturated heterocycles. The van der Waals surface area contributed by atoms with Crippen LogP contribution >= 0.6 is 0 Å². The fraction of sp³-hybridized carbons (Fsp3) is 0.0577. The standard InChI is InChI=1S/C52H36N2O2/c1-52(2)45-19-10-9-18-41(45)42-30-40(25-26-46(42)52)54(39-17-11-16-36(28-39)33-12-5-3-6-13-33)38-23-20-34(21-24-38)37-22-27-48-43(29-37)44-31-50-47(32-49(44)55-48)53-51(56-50)35-14-7-4-8-15-35/h3-32H,1-2H3. The molecular formula is C52H36N2O2. The topological polar surface area (TPSA) is 42.4 Å². The van der Waals surface area contributed by atoms with Crippen molar-refractivity contribution in [3.63, 3.8) is 0 Å². The van der Waals surface area contributed by atoms with Crippen molar-refractivity contribution >= 4 is 50.1 Å². The number of hydrogen-bond acceptors (Lipinski definition) is 4. The molecule has 266 valence electrons. The number of anilines is 3. The van der Waals surface area contributed by atoms with Gasteiger partial charge >= 0.3 is 0 Å². The van der Waals surface area contributed by atoms with Crippen LogP contribution in [0.1, 0.15) is 25.0 Å². The molecule has 0 atom stereocenters. The summed E-state index contributed by atoms with van der Waals surface area (Å²) in [7, 11) is 0. The second-order valence-electron chi connectivity index (χ2n) is 15.2. The average Bonchev–Trinajstić information content (AvgIpc) is 3.90. The zero-order chi connectivity index (χ0) is 37.4. The fourth-order valence-electron chi connectivity index (χ4n) is 8.63. The number of benzene rings is 8. The lowest BCUT2D eigenvalue weighted by molar-refractivity contribution is 0.620. The summed E-state index contributed by atoms with van der Waals surface area (Å²) in [5.41, 5.74) is 17.3. The van der Waals surface area contributed by atoms with Gasteiger partial charge in [0, 0.05) is 44.9 Å². The second kappa shape index (κ2) is 12.4. The zero-order valence-corrected chi connectivity index (χ0v) is 31.0. The fourth-order valence-corrected chi connectivity index (χ4v) is 8.63. The van der Waals surface area contributed by atoms with E-state index in [1.54, 1.807) is 0 Å². The molecule has 0 unspecified atom stereocenters. The lowest BCUT2D eigenvalue weighted by Crippen LogP contribution is -2.15. The molecule has 0 spiro atoms. The van der Waals surface area contributed by atoms with Crippen molar-refractivity contribution in [1.29, 1.82) is 0 Å². The van der Waals surface area contributed by atoms with Crippen LogP contribution in [0.3, 0.4) is 0 Å². The van der Waals surface area contributed by atoms with Gasteiger partial charge in [-0.25, -0.2) is 4.98 Å². The first-order valence-corrected chi connectivity index (χ1v) is 19.1. The number of rotatable bonds is 6. The number of furan rings is 1. The van der Waals surface area contributed by atoms with Crippen molar-refractivity contribution in [2.24, 2.45) is 0 Å². The Hall–Kier alpha value is -7.17. The van der Waals surface area contributed by atoms with Crippen LogP contribution in [-0.2, 0) is 5.41 Å². The molecule has 1 aliphatic carbocycles. The van der Waals surface area contributed by atoms with Gasteiger partial charge < -0.3 is 13.7 Å². The molecule has 11 rings (SSSR count). The first-order valence-electron chi connectivity index (χ1n) is 19.1. The van der Waals surface area contributed by atoms with Gasteiger partial charge in [0.05, 0.1) is 0 Å². The van der Waals surface area contributed by atoms with Crippen molar-refractivity contribution in [3.05, 3.63) is 193 Å². The van der Waals surface area contributed by atoms with Crippen LogP contribution in [0.5, 0.6) is 0 Å². The van der Waals surface area contributed by atoms with E-state index in [1.165, 1.54) is 33.4 Å². The maximum atomic E-state index is 6.33. The van der Waals surface area contributed by atoms with Gasteiger partial charge in [-0.2, -0.15) is 0 Å². The van der Waals surface area contributed by atoms with Gasteiger partial charge in [0.2, 0.25) is 5.89 Å². The molecule has 0 N–H and O–H groups in total. The molecule has 0 radical (unpaired) electrons. The molecule has 0 bridgehead atoms. The number of hydrogen-bond donors (Lipinski definition) is 0. The highest BCUT2D eigenvalue weighted by atomic mass is 16.4. The summed E-state index contributed by atoms with van der Waals surface area (Å²) >= 11 is 0. The van der Waals surface area contributed by atoms with Crippen LogP contribution in [0, 0.1) is 0 Å². The van der Waals surface area contributed by atoms with Gasteiger partial charge in [-0.15, -0.1) is 0 Å². The normalized spacial score (nSPS) is 13.0. The molecule has 0 amide bonds. The molecule has 0 aliphatic heterocycles. The third-order valence-electron chi connectivity index (χ3n) is 11.5. The molecule has 1 aliphatic rings. The van der Waals surface area contributed by atoms with Crippen molar-refractivity contribution in [2.45, 2.75) is 19.3 Å². The van der Waals surface area contributed by atoms with E-state index in [-0.39, 0.29) is 5.41 Å². The summed E-state index contributed by atoms with van der Waals surface area (Å²) in [6.45, 7) is 4.66. The minimum atomic E-state index is -0.0580. The lowest BCUT2D eigenvalue weighted by atomic mass is 9.82. The highest BCUT2D eigenvalue weighted by Gasteiger charge is 2.35. The minimum Gasteiger partial charge on any atom is -0.456 e. The maximum Gasteiger partial charge on any atom is 0.227 e. The van der Waals surface area contributed by atoms with Crippen LogP contribution in [0.15, 0.2) is 191 Å². The zero-order valence-electron chi connectivity index (χ0n) is 31.0. The van der Waals surface area contributed by atoms with E-state index in [0.29, 0.717) is 5.89 Å². The van der Waals surface area contributed by atoms with Gasteiger partial charge in [0.1, 0.15) is 16.7 Å². The van der Waals surface area contributed by atoms with Crippen LogP contribution in [0.2, 0.25) is 0 Å². The van der Waals surface area contributed by atoms with E-state index in [2.05, 4.69) is 164 Å². The first-order chi connectivity index (χ1) is 27.5. The number of aromatic nitrogens is 1. The third kappa shape index (κ3) is 5.18. The minimum absolute atomic E-state index is 0.0580. The number of fused-ring (bicyclic) bond motifs is 7. The number of nitrogens with zero attached hydrogens (tertiary/aromatic N) is 2.